The van der Waals surface area contributed by atoms with E-state index in [-0.39, 0.29) is 10.6 Å². The lowest BCUT2D eigenvalue weighted by atomic mass is 10.1. The molecule has 0 saturated carbocycles. The number of hydrogen-bond donors (Lipinski definition) is 0. The molecule has 0 atom stereocenters. The fourth-order valence-corrected chi connectivity index (χ4v) is 5.64. The minimum atomic E-state index is -0.348. The van der Waals surface area contributed by atoms with Gasteiger partial charge < -0.3 is 9.80 Å². The van der Waals surface area contributed by atoms with E-state index in [1.807, 2.05) is 37.3 Å². The molecule has 2 saturated heterocycles. The number of nitro groups is 1. The summed E-state index contributed by atoms with van der Waals surface area (Å²) >= 11 is 1.38. The molecule has 3 heterocycles. The van der Waals surface area contributed by atoms with Crippen LogP contribution < -0.4 is 14.8 Å². The maximum atomic E-state index is 11.9. The van der Waals surface area contributed by atoms with Crippen molar-refractivity contribution in [1.82, 2.24) is 15.0 Å². The molecule has 2 aromatic carbocycles. The maximum absolute atomic E-state index is 11.9. The molecule has 5 rings (SSSR count). The lowest BCUT2D eigenvalue weighted by molar-refractivity contribution is -0.387. The summed E-state index contributed by atoms with van der Waals surface area (Å²) in [6.07, 6.45) is 8.59. The summed E-state index contributed by atoms with van der Waals surface area (Å²) < 4.78 is 0. The Balaban J connectivity index is 1.38. The Morgan fingerprint density at radius 3 is 2.05 bits per heavy atom. The second-order valence-corrected chi connectivity index (χ2v) is 11.1. The second-order valence-electron chi connectivity index (χ2n) is 10.00. The van der Waals surface area contributed by atoms with Crippen molar-refractivity contribution in [3.63, 3.8) is 0 Å². The van der Waals surface area contributed by atoms with Gasteiger partial charge in [-0.15, -0.1) is 0 Å². The largest absolute Gasteiger partial charge is 0.341 e. The van der Waals surface area contributed by atoms with Crippen LogP contribution in [0.25, 0.3) is 0 Å². The molecule has 39 heavy (non-hydrogen) atoms. The average Bonchev–Trinajstić information content (AvgIpc) is 2.98. The van der Waals surface area contributed by atoms with Gasteiger partial charge in [0.05, 0.1) is 16.0 Å². The number of aromatic nitrogens is 3. The van der Waals surface area contributed by atoms with Gasteiger partial charge in [-0.3, -0.25) is 10.1 Å². The third-order valence-corrected chi connectivity index (χ3v) is 8.05. The van der Waals surface area contributed by atoms with Crippen molar-refractivity contribution in [2.45, 2.75) is 55.2 Å². The van der Waals surface area contributed by atoms with Crippen LogP contribution in [0, 0.1) is 17.0 Å². The summed E-state index contributed by atoms with van der Waals surface area (Å²) in [5.74, 6) is 1.84. The summed E-state index contributed by atoms with van der Waals surface area (Å²) in [7, 11) is 1.79. The van der Waals surface area contributed by atoms with Crippen LogP contribution in [0.2, 0.25) is 0 Å². The SMILES string of the molecule is Cc1ccc(Sc2ccc(/C=N/N(C)c3nc(N4CCCCC4)nc(N4CCCCC4)n3)cc2[N+](=O)[O-])cc1. The van der Waals surface area contributed by atoms with Crippen LogP contribution in [0.15, 0.2) is 57.4 Å². The average molecular weight is 547 g/mol. The van der Waals surface area contributed by atoms with Crippen LogP contribution in [0.5, 0.6) is 0 Å². The summed E-state index contributed by atoms with van der Waals surface area (Å²) in [5.41, 5.74) is 1.82. The van der Waals surface area contributed by atoms with Gasteiger partial charge in [0.2, 0.25) is 11.9 Å². The Bertz CT molecular complexity index is 1290. The Kier molecular flexibility index (Phi) is 8.55. The molecule has 204 valence electrons. The number of piperidine rings is 2. The lowest BCUT2D eigenvalue weighted by Gasteiger charge is -2.30. The van der Waals surface area contributed by atoms with Gasteiger partial charge in [0.25, 0.3) is 11.6 Å². The smallest absolute Gasteiger partial charge is 0.283 e. The van der Waals surface area contributed by atoms with Gasteiger partial charge in [-0.25, -0.2) is 5.01 Å². The van der Waals surface area contributed by atoms with E-state index in [0.717, 1.165) is 62.3 Å². The van der Waals surface area contributed by atoms with E-state index < -0.39 is 0 Å². The van der Waals surface area contributed by atoms with Gasteiger partial charge in [-0.05, 0) is 63.6 Å². The summed E-state index contributed by atoms with van der Waals surface area (Å²) in [6, 6.07) is 13.1. The molecule has 0 aliphatic carbocycles. The van der Waals surface area contributed by atoms with E-state index in [9.17, 15) is 10.1 Å². The van der Waals surface area contributed by atoms with Crippen LogP contribution in [-0.2, 0) is 0 Å². The number of hydrogen-bond acceptors (Lipinski definition) is 10. The molecule has 0 bridgehead atoms. The molecule has 11 heteroatoms. The quantitative estimate of drug-likeness (QED) is 0.200. The number of aryl methyl sites for hydroxylation is 1. The highest BCUT2D eigenvalue weighted by molar-refractivity contribution is 7.99. The van der Waals surface area contributed by atoms with Crippen LogP contribution >= 0.6 is 11.8 Å². The van der Waals surface area contributed by atoms with E-state index in [1.165, 1.54) is 24.6 Å². The molecule has 0 spiro atoms. The molecule has 3 aromatic rings. The number of anilines is 3. The van der Waals surface area contributed by atoms with E-state index in [0.29, 0.717) is 28.3 Å². The lowest BCUT2D eigenvalue weighted by Crippen LogP contribution is -2.35. The summed E-state index contributed by atoms with van der Waals surface area (Å²) in [6.45, 7) is 5.76. The van der Waals surface area contributed by atoms with Crippen molar-refractivity contribution in [1.29, 1.82) is 0 Å². The zero-order chi connectivity index (χ0) is 27.2. The molecule has 2 aliphatic rings. The highest BCUT2D eigenvalue weighted by Crippen LogP contribution is 2.35. The van der Waals surface area contributed by atoms with E-state index in [2.05, 4.69) is 14.9 Å². The van der Waals surface area contributed by atoms with Crippen LogP contribution in [0.4, 0.5) is 23.5 Å². The fourth-order valence-electron chi connectivity index (χ4n) is 4.74. The van der Waals surface area contributed by atoms with Crippen molar-refractivity contribution in [2.24, 2.45) is 5.10 Å². The van der Waals surface area contributed by atoms with Gasteiger partial charge in [0.1, 0.15) is 0 Å². The Labute approximate surface area is 233 Å². The molecule has 10 nitrogen and oxygen atoms in total. The molecule has 2 aliphatic heterocycles. The molecule has 0 amide bonds. The van der Waals surface area contributed by atoms with Crippen molar-refractivity contribution in [3.05, 3.63) is 63.7 Å². The van der Waals surface area contributed by atoms with Crippen LogP contribution in [0.1, 0.15) is 49.7 Å². The zero-order valence-corrected chi connectivity index (χ0v) is 23.3. The van der Waals surface area contributed by atoms with E-state index in [4.69, 9.17) is 15.0 Å². The minimum absolute atomic E-state index is 0.0482. The zero-order valence-electron chi connectivity index (χ0n) is 22.5. The first kappa shape index (κ1) is 26.9. The molecule has 0 N–H and O–H groups in total. The number of nitrogens with zero attached hydrogens (tertiary/aromatic N) is 8. The number of benzene rings is 2. The number of nitro benzene ring substituents is 1. The number of rotatable bonds is 8. The Morgan fingerprint density at radius 1 is 0.897 bits per heavy atom. The second kappa shape index (κ2) is 12.4. The van der Waals surface area contributed by atoms with Crippen molar-refractivity contribution < 1.29 is 4.92 Å². The van der Waals surface area contributed by atoms with E-state index in [1.54, 1.807) is 30.4 Å². The predicted octanol–water partition coefficient (Wildman–Crippen LogP) is 5.69. The van der Waals surface area contributed by atoms with Crippen LogP contribution in [-0.4, -0.2) is 59.3 Å². The third kappa shape index (κ3) is 6.83. The summed E-state index contributed by atoms with van der Waals surface area (Å²) in [4.78, 5) is 31.9. The van der Waals surface area contributed by atoms with Crippen molar-refractivity contribution in [3.8, 4) is 0 Å². The van der Waals surface area contributed by atoms with Gasteiger partial charge in [0.15, 0.2) is 0 Å². The molecule has 1 aromatic heterocycles. The van der Waals surface area contributed by atoms with Crippen molar-refractivity contribution >= 4 is 41.5 Å². The number of hydrazone groups is 1. The van der Waals surface area contributed by atoms with Gasteiger partial charge in [-0.2, -0.15) is 20.1 Å². The van der Waals surface area contributed by atoms with Crippen molar-refractivity contribution in [2.75, 3.05) is 48.0 Å². The normalized spacial score (nSPS) is 16.1. The highest BCUT2D eigenvalue weighted by Gasteiger charge is 2.22. The summed E-state index contributed by atoms with van der Waals surface area (Å²) in [5, 5.41) is 18.0. The first-order chi connectivity index (χ1) is 19.0. The van der Waals surface area contributed by atoms with Crippen LogP contribution in [0.3, 0.4) is 0 Å². The standard InChI is InChI=1S/C28H34N8O2S/c1-21-9-12-23(13-10-21)39-25-14-11-22(19-24(25)36(37)38)20-29-33(2)26-30-27(34-15-5-3-6-16-34)32-28(31-26)35-17-7-4-8-18-35/h9-14,19-20H,3-8,15-18H2,1-2H3/b29-20+. The molecular weight excluding hydrogens is 512 g/mol. The van der Waals surface area contributed by atoms with Gasteiger partial charge in [-0.1, -0.05) is 35.5 Å². The monoisotopic (exact) mass is 546 g/mol. The Hall–Kier alpha value is -3.73. The maximum Gasteiger partial charge on any atom is 0.283 e. The fraction of sp³-hybridized carbons (Fsp3) is 0.429. The minimum Gasteiger partial charge on any atom is -0.341 e. The third-order valence-electron chi connectivity index (χ3n) is 6.98. The molecule has 0 radical (unpaired) electrons. The molecular formula is C28H34N8O2S. The predicted molar refractivity (Wildman–Crippen MR) is 156 cm³/mol. The Morgan fingerprint density at radius 2 is 1.49 bits per heavy atom. The first-order valence-corrected chi connectivity index (χ1v) is 14.3. The molecule has 2 fully saturated rings. The topological polar surface area (TPSA) is 104 Å². The van der Waals surface area contributed by atoms with Gasteiger partial charge >= 0.3 is 0 Å². The van der Waals surface area contributed by atoms with Gasteiger partial charge in [0, 0.05) is 49.8 Å². The molecule has 0 unspecified atom stereocenters. The highest BCUT2D eigenvalue weighted by atomic mass is 32.2. The van der Waals surface area contributed by atoms with E-state index >= 15 is 0 Å². The first-order valence-electron chi connectivity index (χ1n) is 13.5.